The first-order chi connectivity index (χ1) is 18.7. The Bertz CT molecular complexity index is 1600. The van der Waals surface area contributed by atoms with Crippen LogP contribution < -0.4 is 16.4 Å². The molecule has 1 aromatic carbocycles. The van der Waals surface area contributed by atoms with Crippen molar-refractivity contribution in [1.29, 1.82) is 0 Å². The van der Waals surface area contributed by atoms with Gasteiger partial charge in [-0.05, 0) is 48.0 Å². The van der Waals surface area contributed by atoms with Crippen molar-refractivity contribution < 1.29 is 31.5 Å². The fourth-order valence-electron chi connectivity index (χ4n) is 3.54. The van der Waals surface area contributed by atoms with Crippen LogP contribution >= 0.6 is 11.6 Å². The van der Waals surface area contributed by atoms with E-state index in [4.69, 9.17) is 17.3 Å². The van der Waals surface area contributed by atoms with Crippen LogP contribution in [-0.2, 0) is 12.5 Å². The number of carbonyl (C=O) groups excluding carboxylic acids is 2. The number of anilines is 2. The summed E-state index contributed by atoms with van der Waals surface area (Å²) in [5.41, 5.74) is 6.56. The summed E-state index contributed by atoms with van der Waals surface area (Å²) in [5, 5.41) is 18.5. The molecule has 0 aliphatic rings. The highest BCUT2D eigenvalue weighted by Crippen LogP contribution is 2.41. The number of carbonyl (C=O) groups is 2. The Labute approximate surface area is 226 Å². The van der Waals surface area contributed by atoms with Crippen LogP contribution in [0.3, 0.4) is 0 Å². The molecule has 4 N–H and O–H groups in total. The van der Waals surface area contributed by atoms with E-state index < -0.39 is 36.3 Å². The third kappa shape index (κ3) is 5.40. The molecule has 0 saturated carbocycles. The summed E-state index contributed by atoms with van der Waals surface area (Å²) >= 11 is 6.24. The first-order valence-electron chi connectivity index (χ1n) is 11.1. The van der Waals surface area contributed by atoms with Crippen LogP contribution in [0.15, 0.2) is 36.5 Å². The SMILES string of the molecule is CNC(=O)c1cc(N)cc(C)c1NC(=O)c1cc(Cn2nnc(C(F)(F)C(F)(F)F)n2)nn1-c1ncccc1Cl. The van der Waals surface area contributed by atoms with Gasteiger partial charge in [-0.15, -0.1) is 10.2 Å². The molecule has 0 bridgehead atoms. The number of amides is 2. The monoisotopic (exact) mass is 584 g/mol. The van der Waals surface area contributed by atoms with Gasteiger partial charge >= 0.3 is 12.1 Å². The van der Waals surface area contributed by atoms with Gasteiger partial charge in [0.1, 0.15) is 12.2 Å². The Morgan fingerprint density at radius 1 is 1.10 bits per heavy atom. The molecule has 3 heterocycles. The van der Waals surface area contributed by atoms with Crippen LogP contribution in [0.5, 0.6) is 0 Å². The molecule has 3 aromatic heterocycles. The predicted molar refractivity (Wildman–Crippen MR) is 130 cm³/mol. The summed E-state index contributed by atoms with van der Waals surface area (Å²) in [6.07, 6.45) is -4.57. The first-order valence-corrected chi connectivity index (χ1v) is 11.5. The third-order valence-electron chi connectivity index (χ3n) is 5.39. The van der Waals surface area contributed by atoms with Gasteiger partial charge in [-0.25, -0.2) is 9.67 Å². The number of rotatable bonds is 7. The van der Waals surface area contributed by atoms with E-state index in [0.29, 0.717) is 10.4 Å². The standard InChI is InChI=1S/C22H18ClF5N10O2/c1-10-6-11(29)7-13(18(39)30-2)16(10)32-19(40)15-8-12(34-38(15)17-14(23)4-3-5-31-17)9-37-35-20(33-36-37)21(24,25)22(26,27)28/h3-8H,9,29H2,1-2H3,(H,30,39)(H,32,40). The van der Waals surface area contributed by atoms with Crippen LogP contribution in [-0.4, -0.2) is 60.0 Å². The molecule has 0 saturated heterocycles. The lowest BCUT2D eigenvalue weighted by Crippen LogP contribution is -2.35. The number of nitrogen functional groups attached to an aromatic ring is 1. The van der Waals surface area contributed by atoms with Gasteiger partial charge in [0.2, 0.25) is 0 Å². The Morgan fingerprint density at radius 2 is 1.82 bits per heavy atom. The number of pyridine rings is 1. The number of nitrogens with one attached hydrogen (secondary N) is 2. The molecule has 210 valence electrons. The van der Waals surface area contributed by atoms with Crippen molar-refractivity contribution in [2.45, 2.75) is 25.6 Å². The maximum Gasteiger partial charge on any atom is 0.461 e. The molecule has 0 fully saturated rings. The second kappa shape index (κ2) is 10.5. The molecular weight excluding hydrogens is 567 g/mol. The lowest BCUT2D eigenvalue weighted by atomic mass is 10.1. The van der Waals surface area contributed by atoms with Gasteiger partial charge in [-0.2, -0.15) is 31.8 Å². The average molecular weight is 585 g/mol. The number of tetrazole rings is 1. The van der Waals surface area contributed by atoms with Gasteiger partial charge < -0.3 is 16.4 Å². The Morgan fingerprint density at radius 3 is 2.48 bits per heavy atom. The lowest BCUT2D eigenvalue weighted by molar-refractivity contribution is -0.292. The summed E-state index contributed by atoms with van der Waals surface area (Å²) in [5.74, 6) is -8.52. The molecule has 0 spiro atoms. The predicted octanol–water partition coefficient (Wildman–Crippen LogP) is 3.11. The molecule has 0 atom stereocenters. The highest BCUT2D eigenvalue weighted by molar-refractivity contribution is 6.32. The minimum atomic E-state index is -5.93. The van der Waals surface area contributed by atoms with Crippen molar-refractivity contribution in [2.24, 2.45) is 0 Å². The largest absolute Gasteiger partial charge is 0.461 e. The van der Waals surface area contributed by atoms with Crippen LogP contribution in [0.4, 0.5) is 33.3 Å². The number of hydrogen-bond acceptors (Lipinski definition) is 8. The van der Waals surface area contributed by atoms with Crippen molar-refractivity contribution in [3.8, 4) is 5.82 Å². The molecule has 0 aliphatic carbocycles. The van der Waals surface area contributed by atoms with Gasteiger partial charge in [0, 0.05) is 18.9 Å². The summed E-state index contributed by atoms with van der Waals surface area (Å²) in [6.45, 7) is 1.06. The van der Waals surface area contributed by atoms with Gasteiger partial charge in [-0.1, -0.05) is 11.6 Å². The normalized spacial score (nSPS) is 11.9. The average Bonchev–Trinajstić information content (AvgIpc) is 3.52. The summed E-state index contributed by atoms with van der Waals surface area (Å²) in [4.78, 5) is 30.4. The second-order valence-electron chi connectivity index (χ2n) is 8.25. The highest BCUT2D eigenvalue weighted by Gasteiger charge is 2.62. The minimum Gasteiger partial charge on any atom is -0.399 e. The maximum atomic E-state index is 13.6. The highest BCUT2D eigenvalue weighted by atomic mass is 35.5. The Balaban J connectivity index is 1.74. The summed E-state index contributed by atoms with van der Waals surface area (Å²) < 4.78 is 66.3. The molecule has 40 heavy (non-hydrogen) atoms. The van der Waals surface area contributed by atoms with E-state index in [9.17, 15) is 31.5 Å². The molecule has 0 unspecified atom stereocenters. The Hall–Kier alpha value is -4.67. The zero-order chi connectivity index (χ0) is 29.4. The van der Waals surface area contributed by atoms with Crippen LogP contribution in [0.2, 0.25) is 5.02 Å². The van der Waals surface area contributed by atoms with Crippen molar-refractivity contribution in [2.75, 3.05) is 18.1 Å². The van der Waals surface area contributed by atoms with E-state index in [1.165, 1.54) is 43.6 Å². The number of hydrogen-bond donors (Lipinski definition) is 3. The van der Waals surface area contributed by atoms with Gasteiger partial charge in [-0.3, -0.25) is 9.59 Å². The fraction of sp³-hybridized carbons (Fsp3) is 0.227. The number of alkyl halides is 5. The van der Waals surface area contributed by atoms with Crippen LogP contribution in [0.25, 0.3) is 5.82 Å². The Kier molecular flexibility index (Phi) is 7.42. The van der Waals surface area contributed by atoms with Crippen molar-refractivity contribution in [1.82, 2.24) is 40.3 Å². The summed E-state index contributed by atoms with van der Waals surface area (Å²) in [6, 6.07) is 7.07. The fourth-order valence-corrected chi connectivity index (χ4v) is 3.75. The topological polar surface area (TPSA) is 159 Å². The van der Waals surface area contributed by atoms with Crippen molar-refractivity contribution in [3.63, 3.8) is 0 Å². The molecule has 12 nitrogen and oxygen atoms in total. The van der Waals surface area contributed by atoms with E-state index in [1.54, 1.807) is 6.92 Å². The van der Waals surface area contributed by atoms with Gasteiger partial charge in [0.05, 0.1) is 22.0 Å². The van der Waals surface area contributed by atoms with Crippen LogP contribution in [0, 0.1) is 6.92 Å². The number of nitrogens with zero attached hydrogens (tertiary/aromatic N) is 7. The zero-order valence-electron chi connectivity index (χ0n) is 20.5. The molecule has 0 aliphatic heterocycles. The molecule has 4 rings (SSSR count). The quantitative estimate of drug-likeness (QED) is 0.221. The van der Waals surface area contributed by atoms with Crippen molar-refractivity contribution >= 4 is 34.8 Å². The number of aromatic nitrogens is 7. The number of nitrogens with two attached hydrogens (primary N) is 1. The van der Waals surface area contributed by atoms with Crippen molar-refractivity contribution in [3.05, 3.63) is 69.9 Å². The molecule has 18 heteroatoms. The smallest absolute Gasteiger partial charge is 0.399 e. The van der Waals surface area contributed by atoms with E-state index in [0.717, 1.165) is 4.68 Å². The molecular formula is C22H18ClF5N10O2. The number of halogens is 6. The lowest BCUT2D eigenvalue weighted by Gasteiger charge is -2.15. The number of benzene rings is 1. The van der Waals surface area contributed by atoms with Gasteiger partial charge in [0.25, 0.3) is 17.6 Å². The van der Waals surface area contributed by atoms with Gasteiger partial charge in [0.15, 0.2) is 5.82 Å². The second-order valence-corrected chi connectivity index (χ2v) is 8.66. The van der Waals surface area contributed by atoms with E-state index in [1.807, 2.05) is 0 Å². The molecule has 4 aromatic rings. The minimum absolute atomic E-state index is 0.00281. The number of aryl methyl sites for hydroxylation is 1. The van der Waals surface area contributed by atoms with E-state index >= 15 is 0 Å². The third-order valence-corrected chi connectivity index (χ3v) is 5.69. The van der Waals surface area contributed by atoms with Crippen LogP contribution in [0.1, 0.15) is 37.9 Å². The van der Waals surface area contributed by atoms with E-state index in [2.05, 4.69) is 36.1 Å². The maximum absolute atomic E-state index is 13.6. The van der Waals surface area contributed by atoms with E-state index in [-0.39, 0.29) is 39.2 Å². The molecule has 0 radical (unpaired) electrons. The molecule has 2 amide bonds. The zero-order valence-corrected chi connectivity index (χ0v) is 21.2. The summed E-state index contributed by atoms with van der Waals surface area (Å²) in [7, 11) is 1.39. The first kappa shape index (κ1) is 28.3.